The maximum Gasteiger partial charge on any atom is 0.256 e. The number of nitrogens with zero attached hydrogens (tertiary/aromatic N) is 3. The average molecular weight is 711 g/mol. The summed E-state index contributed by atoms with van der Waals surface area (Å²) in [6, 6.07) is 33.9. The van der Waals surface area contributed by atoms with Crippen LogP contribution >= 0.6 is 0 Å². The first-order valence-electron chi connectivity index (χ1n) is 18.0. The molecule has 0 saturated carbocycles. The molecule has 270 valence electrons. The Morgan fingerprint density at radius 1 is 0.679 bits per heavy atom. The minimum atomic E-state index is -1.32. The lowest BCUT2D eigenvalue weighted by molar-refractivity contribution is -0.144. The molecule has 2 saturated heterocycles. The number of H-pyrrole nitrogens is 1. The molecule has 4 N–H and O–H groups in total. The summed E-state index contributed by atoms with van der Waals surface area (Å²) in [5.74, 6) is -1.32. The van der Waals surface area contributed by atoms with Gasteiger partial charge < -0.3 is 25.5 Å². The summed E-state index contributed by atoms with van der Waals surface area (Å²) in [5.41, 5.74) is 5.90. The Hall–Kier alpha value is -6.07. The van der Waals surface area contributed by atoms with Crippen molar-refractivity contribution in [2.75, 3.05) is 23.7 Å². The van der Waals surface area contributed by atoms with Gasteiger partial charge in [0.1, 0.15) is 12.1 Å². The number of nitrogens with one attached hydrogen (secondary N) is 3. The van der Waals surface area contributed by atoms with Crippen molar-refractivity contribution in [3.8, 4) is 22.5 Å². The fraction of sp³-hybridized carbons (Fsp3) is 0.262. The number of carbonyl (C=O) groups is 4. The van der Waals surface area contributed by atoms with Crippen LogP contribution < -0.4 is 10.6 Å². The molecule has 1 aromatic heterocycles. The van der Waals surface area contributed by atoms with Crippen LogP contribution in [0.5, 0.6) is 0 Å². The molecule has 0 aliphatic carbocycles. The number of hydrogen-bond acceptors (Lipinski definition) is 6. The Morgan fingerprint density at radius 3 is 1.72 bits per heavy atom. The van der Waals surface area contributed by atoms with Gasteiger partial charge in [-0.3, -0.25) is 24.3 Å². The Balaban J connectivity index is 0.938. The van der Waals surface area contributed by atoms with E-state index in [1.165, 1.54) is 4.90 Å². The number of amides is 4. The minimum absolute atomic E-state index is 0.0385. The maximum atomic E-state index is 13.3. The first-order valence-corrected chi connectivity index (χ1v) is 18.0. The number of rotatable bonds is 10. The van der Waals surface area contributed by atoms with Gasteiger partial charge in [-0.25, -0.2) is 0 Å². The number of hydrogen-bond donors (Lipinski definition) is 4. The third kappa shape index (κ3) is 7.75. The number of carbonyl (C=O) groups excluding carboxylic acids is 4. The fourth-order valence-corrected chi connectivity index (χ4v) is 7.20. The van der Waals surface area contributed by atoms with Crippen LogP contribution in [0.4, 0.5) is 11.4 Å². The molecule has 0 bridgehead atoms. The van der Waals surface area contributed by atoms with E-state index in [9.17, 15) is 24.3 Å². The van der Waals surface area contributed by atoms with Crippen molar-refractivity contribution in [2.24, 2.45) is 0 Å². The van der Waals surface area contributed by atoms with E-state index in [1.54, 1.807) is 41.3 Å². The van der Waals surface area contributed by atoms with Crippen molar-refractivity contribution >= 4 is 35.0 Å². The minimum Gasteiger partial charge on any atom is -0.378 e. The molecule has 4 atom stereocenters. The molecule has 4 amide bonds. The molecule has 2 fully saturated rings. The van der Waals surface area contributed by atoms with Gasteiger partial charge in [0.15, 0.2) is 6.10 Å². The van der Waals surface area contributed by atoms with Gasteiger partial charge in [-0.05, 0) is 79.6 Å². The summed E-state index contributed by atoms with van der Waals surface area (Å²) in [5, 5.41) is 24.1. The summed E-state index contributed by atoms with van der Waals surface area (Å²) >= 11 is 0. The highest BCUT2D eigenvalue weighted by molar-refractivity contribution is 5.99. The van der Waals surface area contributed by atoms with Crippen molar-refractivity contribution in [2.45, 2.75) is 56.7 Å². The van der Waals surface area contributed by atoms with Crippen molar-refractivity contribution in [3.05, 3.63) is 126 Å². The van der Waals surface area contributed by atoms with E-state index in [0.717, 1.165) is 28.8 Å². The predicted octanol–water partition coefficient (Wildman–Crippen LogP) is 6.14. The first-order chi connectivity index (χ1) is 25.8. The molecule has 11 nitrogen and oxygen atoms in total. The van der Waals surface area contributed by atoms with Gasteiger partial charge in [0.05, 0.1) is 17.3 Å². The van der Waals surface area contributed by atoms with Gasteiger partial charge in [-0.15, -0.1) is 0 Å². The van der Waals surface area contributed by atoms with Crippen molar-refractivity contribution < 1.29 is 24.3 Å². The standard InChI is InChI=1S/C42H42N6O5/c1-27(28-10-4-2-5-11-28)41(52)47-24-8-14-36(47)39(50)43-32-20-16-29(17-21-32)34-26-35(46-45-34)30-18-22-33(23-19-30)44-40(51)37-15-9-25-48(37)42(53)38(49)31-12-6-3-7-13-31/h2-7,10-13,16-23,26-27,36-38,49H,8-9,14-15,24-25H2,1H3,(H,43,50)(H,44,51)(H,45,46)/t27-,36+,37+,38+/m1/s1. The number of aromatic nitrogens is 2. The summed E-state index contributed by atoms with van der Waals surface area (Å²) in [6.07, 6.45) is 1.30. The van der Waals surface area contributed by atoms with Crippen LogP contribution in [-0.2, 0) is 19.2 Å². The molecular formula is C42H42N6O5. The lowest BCUT2D eigenvalue weighted by Gasteiger charge is -2.27. The van der Waals surface area contributed by atoms with E-state index in [0.29, 0.717) is 55.0 Å². The molecule has 4 aromatic carbocycles. The third-order valence-corrected chi connectivity index (χ3v) is 10.2. The van der Waals surface area contributed by atoms with E-state index in [4.69, 9.17) is 0 Å². The number of likely N-dealkylation sites (tertiary alicyclic amines) is 2. The summed E-state index contributed by atoms with van der Waals surface area (Å²) in [7, 11) is 0. The topological polar surface area (TPSA) is 148 Å². The fourth-order valence-electron chi connectivity index (χ4n) is 7.20. The smallest absolute Gasteiger partial charge is 0.256 e. The summed E-state index contributed by atoms with van der Waals surface area (Å²) in [4.78, 5) is 56.1. The van der Waals surface area contributed by atoms with Gasteiger partial charge in [0.2, 0.25) is 17.7 Å². The van der Waals surface area contributed by atoms with Crippen LogP contribution in [0.1, 0.15) is 55.8 Å². The number of aliphatic hydroxyl groups excluding tert-OH is 1. The number of benzene rings is 4. The van der Waals surface area contributed by atoms with Crippen LogP contribution in [0.3, 0.4) is 0 Å². The highest BCUT2D eigenvalue weighted by Gasteiger charge is 2.38. The lowest BCUT2D eigenvalue weighted by atomic mass is 9.99. The molecular weight excluding hydrogens is 668 g/mol. The van der Waals surface area contributed by atoms with Crippen LogP contribution in [-0.4, -0.2) is 73.9 Å². The van der Waals surface area contributed by atoms with E-state index in [1.807, 2.05) is 85.8 Å². The number of aromatic amines is 1. The van der Waals surface area contributed by atoms with E-state index in [2.05, 4.69) is 20.8 Å². The Bertz CT molecular complexity index is 1920. The lowest BCUT2D eigenvalue weighted by Crippen LogP contribution is -2.45. The maximum absolute atomic E-state index is 13.3. The molecule has 5 aromatic rings. The van der Waals surface area contributed by atoms with Gasteiger partial charge in [0.25, 0.3) is 5.91 Å². The van der Waals surface area contributed by atoms with Crippen LogP contribution in [0, 0.1) is 0 Å². The third-order valence-electron chi connectivity index (χ3n) is 10.2. The molecule has 3 heterocycles. The number of anilines is 2. The van der Waals surface area contributed by atoms with Crippen LogP contribution in [0.15, 0.2) is 115 Å². The zero-order valence-corrected chi connectivity index (χ0v) is 29.4. The molecule has 0 spiro atoms. The van der Waals surface area contributed by atoms with Crippen LogP contribution in [0.2, 0.25) is 0 Å². The van der Waals surface area contributed by atoms with Crippen molar-refractivity contribution in [1.82, 2.24) is 20.0 Å². The van der Waals surface area contributed by atoms with Gasteiger partial charge in [0, 0.05) is 30.0 Å². The summed E-state index contributed by atoms with van der Waals surface area (Å²) in [6.45, 7) is 2.86. The Kier molecular flexibility index (Phi) is 10.4. The predicted molar refractivity (Wildman–Crippen MR) is 202 cm³/mol. The highest BCUT2D eigenvalue weighted by atomic mass is 16.3. The molecule has 11 heteroatoms. The molecule has 53 heavy (non-hydrogen) atoms. The molecule has 0 radical (unpaired) electrons. The second kappa shape index (κ2) is 15.7. The second-order valence-electron chi connectivity index (χ2n) is 13.6. The highest BCUT2D eigenvalue weighted by Crippen LogP contribution is 2.29. The quantitative estimate of drug-likeness (QED) is 0.137. The van der Waals surface area contributed by atoms with Crippen LogP contribution in [0.25, 0.3) is 22.5 Å². The zero-order valence-electron chi connectivity index (χ0n) is 29.4. The van der Waals surface area contributed by atoms with Gasteiger partial charge in [-0.2, -0.15) is 5.10 Å². The average Bonchev–Trinajstić information content (AvgIpc) is 4.00. The molecule has 7 rings (SSSR count). The molecule has 0 unspecified atom stereocenters. The Morgan fingerprint density at radius 2 is 1.17 bits per heavy atom. The van der Waals surface area contributed by atoms with Crippen molar-refractivity contribution in [3.63, 3.8) is 0 Å². The summed E-state index contributed by atoms with van der Waals surface area (Å²) < 4.78 is 0. The zero-order chi connectivity index (χ0) is 36.9. The SMILES string of the molecule is C[C@@H](C(=O)N1CCC[C@H]1C(=O)Nc1ccc(-c2cc(-c3ccc(NC(=O)[C@@H]4CCCN4C(=O)[C@@H](O)c4ccccc4)cc3)n[nH]2)cc1)c1ccccc1. The first kappa shape index (κ1) is 35.3. The second-order valence-corrected chi connectivity index (χ2v) is 13.6. The van der Waals surface area contributed by atoms with E-state index >= 15 is 0 Å². The van der Waals surface area contributed by atoms with Crippen molar-refractivity contribution in [1.29, 1.82) is 0 Å². The molecule has 2 aliphatic rings. The Labute approximate surface area is 308 Å². The van der Waals surface area contributed by atoms with Gasteiger partial charge >= 0.3 is 0 Å². The monoisotopic (exact) mass is 710 g/mol. The van der Waals surface area contributed by atoms with E-state index in [-0.39, 0.29) is 23.6 Å². The van der Waals surface area contributed by atoms with E-state index < -0.39 is 24.1 Å². The number of aliphatic hydroxyl groups is 1. The van der Waals surface area contributed by atoms with Gasteiger partial charge in [-0.1, -0.05) is 84.9 Å². The largest absolute Gasteiger partial charge is 0.378 e. The molecule has 2 aliphatic heterocycles. The normalized spacial score (nSPS) is 18.0.